The summed E-state index contributed by atoms with van der Waals surface area (Å²) in [5.74, 6) is -0.0137. The fraction of sp³-hybridized carbons (Fsp3) is 0.348. The van der Waals surface area contributed by atoms with Crippen LogP contribution in [0.1, 0.15) is 21.7 Å². The predicted molar refractivity (Wildman–Crippen MR) is 119 cm³/mol. The predicted octanol–water partition coefficient (Wildman–Crippen LogP) is 4.09. The number of aromatic nitrogens is 1. The van der Waals surface area contributed by atoms with Gasteiger partial charge in [-0.15, -0.1) is 0 Å². The van der Waals surface area contributed by atoms with Crippen LogP contribution < -0.4 is 4.74 Å². The molecule has 1 heterocycles. The minimum absolute atomic E-state index is 0.128. The summed E-state index contributed by atoms with van der Waals surface area (Å²) in [6.07, 6.45) is 9.02. The Morgan fingerprint density at radius 2 is 1.87 bits per heavy atom. The van der Waals surface area contributed by atoms with Crippen molar-refractivity contribution >= 4 is 20.3 Å². The summed E-state index contributed by atoms with van der Waals surface area (Å²) in [5.41, 5.74) is 1.33. The van der Waals surface area contributed by atoms with Crippen molar-refractivity contribution in [2.75, 3.05) is 14.1 Å². The van der Waals surface area contributed by atoms with Crippen molar-refractivity contribution in [1.82, 2.24) is 5.16 Å². The molecule has 0 saturated carbocycles. The zero-order chi connectivity index (χ0) is 21.7. The number of rotatable bonds is 8. The van der Waals surface area contributed by atoms with Gasteiger partial charge in [-0.1, -0.05) is 54.6 Å². The molecule has 1 aromatic heterocycles. The molecule has 0 radical (unpaired) electrons. The second-order valence-corrected chi connectivity index (χ2v) is 12.9. The Balaban J connectivity index is 1.92. The van der Waals surface area contributed by atoms with Gasteiger partial charge in [-0.05, 0) is 30.4 Å². The van der Waals surface area contributed by atoms with Crippen LogP contribution >= 0.6 is 0 Å². The molecule has 2 unspecified atom stereocenters. The maximum absolute atomic E-state index is 13.6. The molecular weight excluding hydrogens is 396 g/mol. The third kappa shape index (κ3) is 5.64. The van der Waals surface area contributed by atoms with E-state index in [2.05, 4.69) is 24.8 Å². The highest BCUT2D eigenvalue weighted by molar-refractivity contribution is 6.69. The number of Topliss-reactive ketones (excluding diaryl/α,β-unsaturated/α-hetero) is 1. The molecule has 0 spiro atoms. The highest BCUT2D eigenvalue weighted by Gasteiger charge is 2.36. The molecule has 1 aromatic carbocycles. The molecule has 7 heteroatoms. The van der Waals surface area contributed by atoms with Crippen molar-refractivity contribution in [3.05, 3.63) is 71.5 Å². The van der Waals surface area contributed by atoms with Crippen molar-refractivity contribution in [2.24, 2.45) is 5.92 Å². The normalized spacial score (nSPS) is 18.3. The third-order valence-electron chi connectivity index (χ3n) is 4.40. The SMILES string of the molecule is C[N+](C)=Cc1onc(OCc2ccccc2)c1C(=O)C1C=CC=CC1O[Si](C)(C)C. The van der Waals surface area contributed by atoms with Crippen LogP contribution in [0, 0.1) is 5.92 Å². The van der Waals surface area contributed by atoms with Crippen LogP contribution in [0.2, 0.25) is 19.6 Å². The van der Waals surface area contributed by atoms with Gasteiger partial charge < -0.3 is 13.7 Å². The van der Waals surface area contributed by atoms with E-state index < -0.39 is 14.2 Å². The van der Waals surface area contributed by atoms with Crippen LogP contribution in [-0.2, 0) is 11.0 Å². The van der Waals surface area contributed by atoms with Crippen LogP contribution in [0.4, 0.5) is 0 Å². The van der Waals surface area contributed by atoms with Gasteiger partial charge in [0.15, 0.2) is 14.1 Å². The maximum atomic E-state index is 13.6. The van der Waals surface area contributed by atoms with E-state index in [1.165, 1.54) is 0 Å². The van der Waals surface area contributed by atoms with Crippen LogP contribution in [0.15, 0.2) is 59.2 Å². The zero-order valence-corrected chi connectivity index (χ0v) is 19.2. The van der Waals surface area contributed by atoms with E-state index in [1.54, 1.807) is 6.21 Å². The second kappa shape index (κ2) is 9.36. The van der Waals surface area contributed by atoms with Gasteiger partial charge in [0.2, 0.25) is 12.0 Å². The minimum Gasteiger partial charge on any atom is -0.470 e. The van der Waals surface area contributed by atoms with Gasteiger partial charge in [0.25, 0.3) is 5.88 Å². The molecule has 30 heavy (non-hydrogen) atoms. The van der Waals surface area contributed by atoms with E-state index in [9.17, 15) is 4.79 Å². The molecular formula is C23H29N2O4Si+. The van der Waals surface area contributed by atoms with Gasteiger partial charge in [0, 0.05) is 0 Å². The highest BCUT2D eigenvalue weighted by Crippen LogP contribution is 2.30. The molecule has 0 bridgehead atoms. The molecule has 0 N–H and O–H groups in total. The number of hydrogen-bond donors (Lipinski definition) is 0. The number of hydrogen-bond acceptors (Lipinski definition) is 5. The van der Waals surface area contributed by atoms with E-state index in [-0.39, 0.29) is 17.8 Å². The van der Waals surface area contributed by atoms with E-state index >= 15 is 0 Å². The first kappa shape index (κ1) is 21.9. The third-order valence-corrected chi connectivity index (χ3v) is 5.38. The summed E-state index contributed by atoms with van der Waals surface area (Å²) in [4.78, 5) is 13.6. The van der Waals surface area contributed by atoms with E-state index in [1.807, 2.05) is 73.3 Å². The molecule has 158 valence electrons. The van der Waals surface area contributed by atoms with Gasteiger partial charge in [-0.2, -0.15) is 0 Å². The summed E-state index contributed by atoms with van der Waals surface area (Å²) in [7, 11) is 1.87. The summed E-state index contributed by atoms with van der Waals surface area (Å²) in [5, 5.41) is 4.05. The Bertz CT molecular complexity index is 967. The van der Waals surface area contributed by atoms with Gasteiger partial charge in [-0.3, -0.25) is 4.79 Å². The number of ether oxygens (including phenoxy) is 1. The number of carbonyl (C=O) groups is 1. The number of nitrogens with zero attached hydrogens (tertiary/aromatic N) is 2. The Labute approximate surface area is 178 Å². The minimum atomic E-state index is -1.85. The van der Waals surface area contributed by atoms with Gasteiger partial charge in [-0.25, -0.2) is 4.58 Å². The lowest BCUT2D eigenvalue weighted by Gasteiger charge is -2.29. The van der Waals surface area contributed by atoms with E-state index in [4.69, 9.17) is 13.7 Å². The lowest BCUT2D eigenvalue weighted by Crippen LogP contribution is -2.38. The van der Waals surface area contributed by atoms with Crippen molar-refractivity contribution in [3.63, 3.8) is 0 Å². The van der Waals surface area contributed by atoms with Crippen LogP contribution in [0.25, 0.3) is 0 Å². The molecule has 6 nitrogen and oxygen atoms in total. The average Bonchev–Trinajstić information content (AvgIpc) is 3.07. The van der Waals surface area contributed by atoms with Crippen molar-refractivity contribution in [2.45, 2.75) is 32.4 Å². The Morgan fingerprint density at radius 1 is 1.17 bits per heavy atom. The number of benzene rings is 1. The fourth-order valence-electron chi connectivity index (χ4n) is 3.17. The highest BCUT2D eigenvalue weighted by atomic mass is 28.4. The standard InChI is InChI=1S/C23H29N2O4Si/c1-25(2)15-20-21(23(24-28-20)27-16-17-11-7-6-8-12-17)22(26)18-13-9-10-14-19(18)29-30(3,4)5/h6-15,18-19H,16H2,1-5H3/q+1. The Kier molecular flexibility index (Phi) is 6.84. The van der Waals surface area contributed by atoms with E-state index in [0.717, 1.165) is 5.56 Å². The first-order chi connectivity index (χ1) is 14.2. The molecule has 0 amide bonds. The van der Waals surface area contributed by atoms with Gasteiger partial charge >= 0.3 is 0 Å². The quantitative estimate of drug-likeness (QED) is 0.276. The molecule has 2 atom stereocenters. The van der Waals surface area contributed by atoms with Crippen molar-refractivity contribution < 1.29 is 23.1 Å². The summed E-state index contributed by atoms with van der Waals surface area (Å²) in [6.45, 7) is 6.63. The van der Waals surface area contributed by atoms with Crippen molar-refractivity contribution in [1.29, 1.82) is 0 Å². The molecule has 3 rings (SSSR count). The number of ketones is 1. The molecule has 2 aromatic rings. The average molecular weight is 426 g/mol. The summed E-state index contributed by atoms with van der Waals surface area (Å²) < 4.78 is 19.4. The van der Waals surface area contributed by atoms with Crippen LogP contribution in [0.3, 0.4) is 0 Å². The first-order valence-corrected chi connectivity index (χ1v) is 13.4. The first-order valence-electron chi connectivity index (χ1n) is 9.99. The largest absolute Gasteiger partial charge is 0.470 e. The zero-order valence-electron chi connectivity index (χ0n) is 18.2. The van der Waals surface area contributed by atoms with Gasteiger partial charge in [0.05, 0.1) is 12.0 Å². The molecule has 0 saturated heterocycles. The maximum Gasteiger partial charge on any atom is 0.266 e. The topological polar surface area (TPSA) is 64.6 Å². The monoisotopic (exact) mass is 425 g/mol. The van der Waals surface area contributed by atoms with Gasteiger partial charge in [0.1, 0.15) is 26.3 Å². The molecule has 0 fully saturated rings. The molecule has 1 aliphatic rings. The summed E-state index contributed by atoms with van der Waals surface area (Å²) >= 11 is 0. The lowest BCUT2D eigenvalue weighted by atomic mass is 9.89. The molecule has 0 aliphatic heterocycles. The van der Waals surface area contributed by atoms with E-state index in [0.29, 0.717) is 17.9 Å². The number of allylic oxidation sites excluding steroid dienone is 2. The fourth-order valence-corrected chi connectivity index (χ4v) is 4.21. The smallest absolute Gasteiger partial charge is 0.266 e. The Hall–Kier alpha value is -2.77. The summed E-state index contributed by atoms with van der Waals surface area (Å²) in [6, 6.07) is 9.74. The molecule has 1 aliphatic carbocycles. The van der Waals surface area contributed by atoms with Crippen molar-refractivity contribution in [3.8, 4) is 5.88 Å². The van der Waals surface area contributed by atoms with Crippen LogP contribution in [-0.4, -0.2) is 50.2 Å². The second-order valence-electron chi connectivity index (χ2n) is 8.45. The lowest BCUT2D eigenvalue weighted by molar-refractivity contribution is -0.459. The number of carbonyl (C=O) groups excluding carboxylic acids is 1. The van der Waals surface area contributed by atoms with Crippen LogP contribution in [0.5, 0.6) is 5.88 Å². The Morgan fingerprint density at radius 3 is 2.53 bits per heavy atom.